The molecule has 0 saturated heterocycles. The van der Waals surface area contributed by atoms with Crippen LogP contribution in [0.1, 0.15) is 13.8 Å². The van der Waals surface area contributed by atoms with Crippen LogP contribution in [-0.2, 0) is 0 Å². The summed E-state index contributed by atoms with van der Waals surface area (Å²) in [4.78, 5) is 0. The Morgan fingerprint density at radius 2 is 1.73 bits per heavy atom. The Hall–Kier alpha value is -0.273. The summed E-state index contributed by atoms with van der Waals surface area (Å²) >= 11 is 6.28. The maximum atomic E-state index is 6.28. The fourth-order valence-corrected chi connectivity index (χ4v) is 2.82. The van der Waals surface area contributed by atoms with Gasteiger partial charge in [-0.1, -0.05) is 44.2 Å². The molecule has 0 nitrogen and oxygen atoms in total. The third-order valence-electron chi connectivity index (χ3n) is 1.70. The molecule has 0 aromatic heterocycles. The van der Waals surface area contributed by atoms with E-state index >= 15 is 0 Å². The summed E-state index contributed by atoms with van der Waals surface area (Å²) in [6, 6.07) is 10.4. The lowest BCUT2D eigenvalue weighted by atomic mass is 10.4. The third kappa shape index (κ3) is 2.35. The minimum Gasteiger partial charge on any atom is -0.165 e. The van der Waals surface area contributed by atoms with Crippen LogP contribution in [0.2, 0.25) is 5.54 Å². The predicted octanol–water partition coefficient (Wildman–Crippen LogP) is 2.27. The number of rotatable bonds is 2. The average molecular weight is 185 g/mol. The standard InChI is InChI=1S/C9H13ClSi/c1-8(2)11(10)9-6-4-3-5-7-9/h3-8,11H,1-2H3. The molecule has 0 radical (unpaired) electrons. The van der Waals surface area contributed by atoms with E-state index in [2.05, 4.69) is 38.1 Å². The Morgan fingerprint density at radius 3 is 2.18 bits per heavy atom. The first-order chi connectivity index (χ1) is 5.22. The van der Waals surface area contributed by atoms with Gasteiger partial charge < -0.3 is 0 Å². The predicted molar refractivity (Wildman–Crippen MR) is 54.2 cm³/mol. The van der Waals surface area contributed by atoms with Gasteiger partial charge in [0.15, 0.2) is 8.11 Å². The van der Waals surface area contributed by atoms with Crippen molar-refractivity contribution in [2.24, 2.45) is 0 Å². The van der Waals surface area contributed by atoms with Crippen LogP contribution in [0.4, 0.5) is 0 Å². The van der Waals surface area contributed by atoms with Gasteiger partial charge in [0, 0.05) is 0 Å². The fourth-order valence-electron chi connectivity index (χ4n) is 1.02. The van der Waals surface area contributed by atoms with E-state index in [1.807, 2.05) is 6.07 Å². The molecule has 1 aromatic carbocycles. The first kappa shape index (κ1) is 8.82. The Balaban J connectivity index is 2.77. The van der Waals surface area contributed by atoms with Crippen LogP contribution in [0, 0.1) is 0 Å². The third-order valence-corrected chi connectivity index (χ3v) is 6.16. The molecule has 0 saturated carbocycles. The summed E-state index contributed by atoms with van der Waals surface area (Å²) in [5.74, 6) is 0. The highest BCUT2D eigenvalue weighted by molar-refractivity contribution is 7.15. The summed E-state index contributed by atoms with van der Waals surface area (Å²) in [5, 5.41) is 1.35. The molecule has 0 bridgehead atoms. The van der Waals surface area contributed by atoms with E-state index < -0.39 is 8.11 Å². The van der Waals surface area contributed by atoms with E-state index in [0.717, 1.165) is 0 Å². The van der Waals surface area contributed by atoms with Crippen LogP contribution >= 0.6 is 11.1 Å². The molecule has 0 fully saturated rings. The number of benzene rings is 1. The van der Waals surface area contributed by atoms with Crippen molar-refractivity contribution in [2.45, 2.75) is 19.4 Å². The zero-order valence-corrected chi connectivity index (χ0v) is 8.83. The number of hydrogen-bond acceptors (Lipinski definition) is 0. The lowest BCUT2D eigenvalue weighted by Gasteiger charge is -2.10. The normalized spacial score (nSPS) is 13.5. The maximum Gasteiger partial charge on any atom is 0.173 e. The summed E-state index contributed by atoms with van der Waals surface area (Å²) < 4.78 is 0. The molecular weight excluding hydrogens is 172 g/mol. The van der Waals surface area contributed by atoms with E-state index in [9.17, 15) is 0 Å². The molecular formula is C9H13ClSi. The van der Waals surface area contributed by atoms with Crippen molar-refractivity contribution in [1.82, 2.24) is 0 Å². The van der Waals surface area contributed by atoms with Gasteiger partial charge in [-0.3, -0.25) is 0 Å². The zero-order chi connectivity index (χ0) is 8.27. The smallest absolute Gasteiger partial charge is 0.165 e. The Labute approximate surface area is 74.5 Å². The minimum absolute atomic E-state index is 0.638. The SMILES string of the molecule is CC(C)[SiH](Cl)c1ccccc1. The van der Waals surface area contributed by atoms with Crippen LogP contribution in [0.5, 0.6) is 0 Å². The van der Waals surface area contributed by atoms with Crippen molar-refractivity contribution in [1.29, 1.82) is 0 Å². The monoisotopic (exact) mass is 184 g/mol. The second-order valence-corrected chi connectivity index (χ2v) is 7.27. The highest BCUT2D eigenvalue weighted by atomic mass is 35.6. The Bertz CT molecular complexity index is 208. The van der Waals surface area contributed by atoms with Gasteiger partial charge in [0.1, 0.15) is 0 Å². The molecule has 11 heavy (non-hydrogen) atoms. The highest BCUT2D eigenvalue weighted by Gasteiger charge is 2.13. The second-order valence-electron chi connectivity index (χ2n) is 3.06. The second kappa shape index (κ2) is 3.93. The zero-order valence-electron chi connectivity index (χ0n) is 6.92. The van der Waals surface area contributed by atoms with E-state index in [-0.39, 0.29) is 0 Å². The lowest BCUT2D eigenvalue weighted by molar-refractivity contribution is 1.06. The van der Waals surface area contributed by atoms with Gasteiger partial charge in [0.2, 0.25) is 0 Å². The molecule has 0 amide bonds. The molecule has 0 aliphatic rings. The molecule has 2 heteroatoms. The highest BCUT2D eigenvalue weighted by Crippen LogP contribution is 2.10. The topological polar surface area (TPSA) is 0 Å². The molecule has 1 aromatic rings. The largest absolute Gasteiger partial charge is 0.173 e. The van der Waals surface area contributed by atoms with E-state index in [1.54, 1.807) is 0 Å². The van der Waals surface area contributed by atoms with Gasteiger partial charge in [-0.05, 0) is 10.7 Å². The van der Waals surface area contributed by atoms with Crippen LogP contribution < -0.4 is 5.19 Å². The van der Waals surface area contributed by atoms with Crippen LogP contribution in [-0.4, -0.2) is 8.11 Å². The summed E-state index contributed by atoms with van der Waals surface area (Å²) in [5.41, 5.74) is 0.638. The van der Waals surface area contributed by atoms with Crippen LogP contribution in [0.3, 0.4) is 0 Å². The van der Waals surface area contributed by atoms with Crippen molar-refractivity contribution in [2.75, 3.05) is 0 Å². The molecule has 1 rings (SSSR count). The first-order valence-electron chi connectivity index (χ1n) is 3.91. The summed E-state index contributed by atoms with van der Waals surface area (Å²) in [7, 11) is -1.16. The Kier molecular flexibility index (Phi) is 3.15. The fraction of sp³-hybridized carbons (Fsp3) is 0.333. The molecule has 0 aliphatic heterocycles. The molecule has 0 N–H and O–H groups in total. The minimum atomic E-state index is -1.16. The molecule has 1 atom stereocenters. The van der Waals surface area contributed by atoms with Gasteiger partial charge >= 0.3 is 0 Å². The van der Waals surface area contributed by atoms with Gasteiger partial charge in [-0.2, -0.15) is 11.1 Å². The first-order valence-corrected chi connectivity index (χ1v) is 6.90. The van der Waals surface area contributed by atoms with Crippen molar-refractivity contribution < 1.29 is 0 Å². The molecule has 0 heterocycles. The van der Waals surface area contributed by atoms with Crippen molar-refractivity contribution >= 4 is 24.4 Å². The van der Waals surface area contributed by atoms with Gasteiger partial charge in [0.25, 0.3) is 0 Å². The molecule has 0 spiro atoms. The summed E-state index contributed by atoms with van der Waals surface area (Å²) in [6.07, 6.45) is 0. The van der Waals surface area contributed by atoms with Crippen molar-refractivity contribution in [3.63, 3.8) is 0 Å². The van der Waals surface area contributed by atoms with Gasteiger partial charge in [-0.25, -0.2) is 0 Å². The average Bonchev–Trinajstić information content (AvgIpc) is 2.05. The van der Waals surface area contributed by atoms with E-state index in [4.69, 9.17) is 11.1 Å². The van der Waals surface area contributed by atoms with Crippen molar-refractivity contribution in [3.8, 4) is 0 Å². The van der Waals surface area contributed by atoms with E-state index in [0.29, 0.717) is 5.54 Å². The molecule has 60 valence electrons. The molecule has 1 unspecified atom stereocenters. The van der Waals surface area contributed by atoms with E-state index in [1.165, 1.54) is 5.19 Å². The van der Waals surface area contributed by atoms with Crippen LogP contribution in [0.15, 0.2) is 30.3 Å². The molecule has 0 aliphatic carbocycles. The number of halogens is 1. The van der Waals surface area contributed by atoms with Gasteiger partial charge in [-0.15, -0.1) is 0 Å². The summed E-state index contributed by atoms with van der Waals surface area (Å²) in [6.45, 7) is 4.38. The van der Waals surface area contributed by atoms with Gasteiger partial charge in [0.05, 0.1) is 0 Å². The number of hydrogen-bond donors (Lipinski definition) is 0. The van der Waals surface area contributed by atoms with Crippen LogP contribution in [0.25, 0.3) is 0 Å². The Morgan fingerprint density at radius 1 is 1.18 bits per heavy atom. The quantitative estimate of drug-likeness (QED) is 0.489. The van der Waals surface area contributed by atoms with Crippen molar-refractivity contribution in [3.05, 3.63) is 30.3 Å². The lowest BCUT2D eigenvalue weighted by Crippen LogP contribution is -2.26. The maximum absolute atomic E-state index is 6.28.